The van der Waals surface area contributed by atoms with Gasteiger partial charge in [0.1, 0.15) is 6.04 Å². The van der Waals surface area contributed by atoms with Crippen LogP contribution in [0.3, 0.4) is 0 Å². The molecule has 22 heavy (non-hydrogen) atoms. The van der Waals surface area contributed by atoms with Crippen LogP contribution < -0.4 is 0 Å². The van der Waals surface area contributed by atoms with Crippen LogP contribution in [-0.2, 0) is 4.79 Å². The van der Waals surface area contributed by atoms with E-state index in [1.807, 2.05) is 42.2 Å². The third-order valence-electron chi connectivity index (χ3n) is 3.96. The quantitative estimate of drug-likeness (QED) is 0.924. The number of pyridine rings is 1. The van der Waals surface area contributed by atoms with Crippen LogP contribution >= 0.6 is 22.9 Å². The molecule has 1 aliphatic heterocycles. The number of hydrogen-bond acceptors (Lipinski definition) is 4. The average molecular weight is 337 g/mol. The van der Waals surface area contributed by atoms with E-state index in [-0.39, 0.29) is 6.04 Å². The standard InChI is InChI=1S/C16H17ClN2O2S/c1-10-4-2-5-11(18-10)15(13-7-8-14(17)22-13)19-9-3-6-12(19)16(20)21/h2,4-5,7-8,12,15H,3,6,9H2,1H3,(H,20,21). The normalized spacial score (nSPS) is 20.2. The Bertz CT molecular complexity index is 688. The lowest BCUT2D eigenvalue weighted by Crippen LogP contribution is -2.39. The summed E-state index contributed by atoms with van der Waals surface area (Å²) in [6, 6.07) is 9.08. The number of aryl methyl sites for hydroxylation is 1. The highest BCUT2D eigenvalue weighted by Crippen LogP contribution is 2.38. The minimum Gasteiger partial charge on any atom is -0.480 e. The van der Waals surface area contributed by atoms with Gasteiger partial charge < -0.3 is 5.11 Å². The Morgan fingerprint density at radius 1 is 1.45 bits per heavy atom. The summed E-state index contributed by atoms with van der Waals surface area (Å²) in [6.45, 7) is 2.70. The lowest BCUT2D eigenvalue weighted by molar-refractivity contribution is -0.142. The van der Waals surface area contributed by atoms with E-state index in [0.29, 0.717) is 10.8 Å². The maximum absolute atomic E-state index is 11.6. The van der Waals surface area contributed by atoms with Crippen molar-refractivity contribution in [2.45, 2.75) is 31.8 Å². The molecule has 0 aromatic carbocycles. The number of aliphatic carboxylic acids is 1. The summed E-state index contributed by atoms with van der Waals surface area (Å²) in [5.41, 5.74) is 1.81. The van der Waals surface area contributed by atoms with Gasteiger partial charge in [-0.15, -0.1) is 11.3 Å². The van der Waals surface area contributed by atoms with Gasteiger partial charge in [0.05, 0.1) is 16.1 Å². The minimum absolute atomic E-state index is 0.152. The van der Waals surface area contributed by atoms with Gasteiger partial charge in [-0.1, -0.05) is 17.7 Å². The third kappa shape index (κ3) is 3.02. The van der Waals surface area contributed by atoms with Crippen molar-refractivity contribution >= 4 is 28.9 Å². The topological polar surface area (TPSA) is 53.4 Å². The molecule has 1 aliphatic rings. The molecular formula is C16H17ClN2O2S. The summed E-state index contributed by atoms with van der Waals surface area (Å²) >= 11 is 7.58. The predicted octanol–water partition coefficient (Wildman–Crippen LogP) is 3.74. The Kier molecular flexibility index (Phi) is 4.47. The molecule has 1 N–H and O–H groups in total. The SMILES string of the molecule is Cc1cccc(C(c2ccc(Cl)s2)N2CCCC2C(=O)O)n1. The van der Waals surface area contributed by atoms with E-state index in [2.05, 4.69) is 4.98 Å². The van der Waals surface area contributed by atoms with Gasteiger partial charge in [0.2, 0.25) is 0 Å². The molecule has 3 heterocycles. The summed E-state index contributed by atoms with van der Waals surface area (Å²) in [7, 11) is 0. The van der Waals surface area contributed by atoms with Gasteiger partial charge in [-0.05, 0) is 44.0 Å². The number of likely N-dealkylation sites (tertiary alicyclic amines) is 1. The second-order valence-electron chi connectivity index (χ2n) is 5.48. The van der Waals surface area contributed by atoms with Crippen LogP contribution in [0, 0.1) is 6.92 Å². The fourth-order valence-electron chi connectivity index (χ4n) is 3.03. The molecule has 0 spiro atoms. The van der Waals surface area contributed by atoms with Gasteiger partial charge in [0, 0.05) is 17.1 Å². The number of thiophene rings is 1. The number of aromatic nitrogens is 1. The molecule has 4 nitrogen and oxygen atoms in total. The Hall–Kier alpha value is -1.43. The molecule has 3 rings (SSSR count). The van der Waals surface area contributed by atoms with Gasteiger partial charge in [0.15, 0.2) is 0 Å². The maximum atomic E-state index is 11.6. The van der Waals surface area contributed by atoms with Crippen LogP contribution in [0.4, 0.5) is 0 Å². The van der Waals surface area contributed by atoms with E-state index in [0.717, 1.165) is 29.2 Å². The first-order chi connectivity index (χ1) is 10.6. The van der Waals surface area contributed by atoms with E-state index in [1.165, 1.54) is 11.3 Å². The molecule has 1 saturated heterocycles. The highest BCUT2D eigenvalue weighted by atomic mass is 35.5. The first-order valence-electron chi connectivity index (χ1n) is 7.23. The van der Waals surface area contributed by atoms with Crippen molar-refractivity contribution in [1.29, 1.82) is 0 Å². The van der Waals surface area contributed by atoms with Gasteiger partial charge in [-0.2, -0.15) is 0 Å². The number of rotatable bonds is 4. The summed E-state index contributed by atoms with van der Waals surface area (Å²) in [5, 5.41) is 9.50. The summed E-state index contributed by atoms with van der Waals surface area (Å²) < 4.78 is 0.707. The third-order valence-corrected chi connectivity index (χ3v) is 5.25. The second-order valence-corrected chi connectivity index (χ2v) is 7.23. The molecule has 116 valence electrons. The number of carboxylic acids is 1. The molecule has 2 atom stereocenters. The molecule has 2 aromatic rings. The Morgan fingerprint density at radius 3 is 2.91 bits per heavy atom. The number of carboxylic acid groups (broad SMARTS) is 1. The van der Waals surface area contributed by atoms with Crippen molar-refractivity contribution < 1.29 is 9.90 Å². The molecule has 2 aromatic heterocycles. The van der Waals surface area contributed by atoms with E-state index < -0.39 is 12.0 Å². The summed E-state index contributed by atoms with van der Waals surface area (Å²) in [6.07, 6.45) is 1.56. The fourth-order valence-corrected chi connectivity index (χ4v) is 4.23. The van der Waals surface area contributed by atoms with Crippen LogP contribution in [0.15, 0.2) is 30.3 Å². The highest BCUT2D eigenvalue weighted by molar-refractivity contribution is 7.16. The maximum Gasteiger partial charge on any atom is 0.320 e. The number of hydrogen-bond donors (Lipinski definition) is 1. The van der Waals surface area contributed by atoms with Gasteiger partial charge in [0.25, 0.3) is 0 Å². The van der Waals surface area contributed by atoms with Crippen molar-refractivity contribution in [3.05, 3.63) is 50.9 Å². The van der Waals surface area contributed by atoms with Gasteiger partial charge in [-0.3, -0.25) is 14.7 Å². The van der Waals surface area contributed by atoms with E-state index >= 15 is 0 Å². The van der Waals surface area contributed by atoms with E-state index in [1.54, 1.807) is 0 Å². The lowest BCUT2D eigenvalue weighted by Gasteiger charge is -2.30. The number of nitrogens with zero attached hydrogens (tertiary/aromatic N) is 2. The first-order valence-corrected chi connectivity index (χ1v) is 8.43. The van der Waals surface area contributed by atoms with Gasteiger partial charge >= 0.3 is 5.97 Å². The zero-order chi connectivity index (χ0) is 15.7. The summed E-state index contributed by atoms with van der Waals surface area (Å²) in [5.74, 6) is -0.766. The fraction of sp³-hybridized carbons (Fsp3) is 0.375. The largest absolute Gasteiger partial charge is 0.480 e. The Labute approximate surface area is 138 Å². The highest BCUT2D eigenvalue weighted by Gasteiger charge is 2.38. The monoisotopic (exact) mass is 336 g/mol. The molecule has 1 fully saturated rings. The average Bonchev–Trinajstić information content (AvgIpc) is 3.09. The van der Waals surface area contributed by atoms with Crippen molar-refractivity contribution in [2.75, 3.05) is 6.54 Å². The van der Waals surface area contributed by atoms with Crippen LogP contribution in [0.5, 0.6) is 0 Å². The Morgan fingerprint density at radius 2 is 2.27 bits per heavy atom. The van der Waals surface area contributed by atoms with Crippen LogP contribution in [-0.4, -0.2) is 33.5 Å². The van der Waals surface area contributed by atoms with Crippen LogP contribution in [0.2, 0.25) is 4.34 Å². The predicted molar refractivity (Wildman–Crippen MR) is 87.5 cm³/mol. The zero-order valence-corrected chi connectivity index (χ0v) is 13.8. The van der Waals surface area contributed by atoms with Crippen LogP contribution in [0.1, 0.15) is 35.1 Å². The lowest BCUT2D eigenvalue weighted by atomic mass is 10.1. The first kappa shape index (κ1) is 15.5. The summed E-state index contributed by atoms with van der Waals surface area (Å²) in [4.78, 5) is 19.3. The minimum atomic E-state index is -0.766. The number of carbonyl (C=O) groups is 1. The van der Waals surface area contributed by atoms with Crippen molar-refractivity contribution in [3.8, 4) is 0 Å². The zero-order valence-electron chi connectivity index (χ0n) is 12.2. The molecule has 0 amide bonds. The van der Waals surface area contributed by atoms with Gasteiger partial charge in [-0.25, -0.2) is 0 Å². The molecule has 0 radical (unpaired) electrons. The Balaban J connectivity index is 2.05. The van der Waals surface area contributed by atoms with Crippen LogP contribution in [0.25, 0.3) is 0 Å². The van der Waals surface area contributed by atoms with E-state index in [9.17, 15) is 9.90 Å². The molecule has 2 unspecified atom stereocenters. The van der Waals surface area contributed by atoms with E-state index in [4.69, 9.17) is 11.6 Å². The number of halogens is 1. The molecule has 6 heteroatoms. The molecule has 0 aliphatic carbocycles. The van der Waals surface area contributed by atoms with Crippen molar-refractivity contribution in [2.24, 2.45) is 0 Å². The smallest absolute Gasteiger partial charge is 0.320 e. The molecule has 0 saturated carbocycles. The molecule has 0 bridgehead atoms. The van der Waals surface area contributed by atoms with Crippen molar-refractivity contribution in [1.82, 2.24) is 9.88 Å². The van der Waals surface area contributed by atoms with Crippen molar-refractivity contribution in [3.63, 3.8) is 0 Å². The molecular weight excluding hydrogens is 320 g/mol. The second kappa shape index (κ2) is 6.36.